The lowest BCUT2D eigenvalue weighted by atomic mass is 10.1. The summed E-state index contributed by atoms with van der Waals surface area (Å²) >= 11 is 0. The number of fused-ring (bicyclic) bond motifs is 6. The van der Waals surface area contributed by atoms with E-state index in [9.17, 15) is 0 Å². The lowest BCUT2D eigenvalue weighted by Gasteiger charge is -2.04. The summed E-state index contributed by atoms with van der Waals surface area (Å²) in [6.07, 6.45) is 7.16. The van der Waals surface area contributed by atoms with Gasteiger partial charge in [0, 0.05) is 34.7 Å². The van der Waals surface area contributed by atoms with Crippen molar-refractivity contribution in [3.8, 4) is 0 Å². The highest BCUT2D eigenvalue weighted by Gasteiger charge is 2.10. The lowest BCUT2D eigenvalue weighted by molar-refractivity contribution is 1.34. The predicted octanol–water partition coefficient (Wildman–Crippen LogP) is 2.66. The molecule has 0 aliphatic rings. The number of aromatic amines is 1. The highest BCUT2D eigenvalue weighted by molar-refractivity contribution is 6.21. The average Bonchev–Trinajstić information content (AvgIpc) is 2.89. The van der Waals surface area contributed by atoms with Gasteiger partial charge in [-0.3, -0.25) is 4.98 Å². The molecule has 1 aromatic carbocycles. The molecule has 0 amide bonds. The van der Waals surface area contributed by atoms with Crippen LogP contribution in [0.4, 0.5) is 0 Å². The van der Waals surface area contributed by atoms with Crippen LogP contribution in [0.1, 0.15) is 0 Å². The summed E-state index contributed by atoms with van der Waals surface area (Å²) in [7, 11) is 0. The Labute approximate surface area is 96.3 Å². The Kier molecular flexibility index (Phi) is 1.53. The fraction of sp³-hybridized carbons (Fsp3) is 0. The summed E-state index contributed by atoms with van der Waals surface area (Å²) < 4.78 is 0. The third-order valence-electron chi connectivity index (χ3n) is 3.06. The minimum atomic E-state index is 0.916. The maximum atomic E-state index is 4.34. The van der Waals surface area contributed by atoms with Crippen LogP contribution in [0.2, 0.25) is 0 Å². The Morgan fingerprint density at radius 1 is 0.941 bits per heavy atom. The zero-order valence-corrected chi connectivity index (χ0v) is 8.88. The second-order valence-electron chi connectivity index (χ2n) is 3.95. The Bertz CT molecular complexity index is 778. The third-order valence-corrected chi connectivity index (χ3v) is 3.06. The molecule has 0 aliphatic carbocycles. The average molecular weight is 220 g/mol. The molecule has 3 aromatic heterocycles. The summed E-state index contributed by atoms with van der Waals surface area (Å²) in [5.74, 6) is 0. The van der Waals surface area contributed by atoms with Crippen LogP contribution >= 0.6 is 0 Å². The van der Waals surface area contributed by atoms with Gasteiger partial charge in [0.25, 0.3) is 0 Å². The summed E-state index contributed by atoms with van der Waals surface area (Å²) in [6, 6.07) is 6.04. The maximum Gasteiger partial charge on any atom is 0.117 e. The van der Waals surface area contributed by atoms with E-state index in [2.05, 4.69) is 26.0 Å². The zero-order chi connectivity index (χ0) is 11.2. The van der Waals surface area contributed by atoms with Crippen molar-refractivity contribution >= 4 is 32.7 Å². The molecule has 0 saturated carbocycles. The summed E-state index contributed by atoms with van der Waals surface area (Å²) in [6.45, 7) is 0. The topological polar surface area (TPSA) is 54.5 Å². The molecule has 0 fully saturated rings. The molecule has 0 atom stereocenters. The quantitative estimate of drug-likeness (QED) is 0.463. The number of imidazole rings is 1. The van der Waals surface area contributed by atoms with Crippen molar-refractivity contribution < 1.29 is 0 Å². The van der Waals surface area contributed by atoms with Crippen molar-refractivity contribution in [2.45, 2.75) is 0 Å². The molecule has 0 bridgehead atoms. The van der Waals surface area contributed by atoms with Crippen LogP contribution < -0.4 is 0 Å². The van der Waals surface area contributed by atoms with E-state index in [4.69, 9.17) is 0 Å². The second-order valence-corrected chi connectivity index (χ2v) is 3.95. The van der Waals surface area contributed by atoms with Crippen molar-refractivity contribution in [1.29, 1.82) is 0 Å². The first-order valence-electron chi connectivity index (χ1n) is 5.38. The van der Waals surface area contributed by atoms with E-state index in [1.807, 2.05) is 24.5 Å². The molecule has 4 aromatic rings. The van der Waals surface area contributed by atoms with Crippen LogP contribution in [0.3, 0.4) is 0 Å². The molecule has 4 rings (SSSR count). The normalized spacial score (nSPS) is 11.5. The molecule has 0 unspecified atom stereocenters. The number of nitrogens with one attached hydrogen (secondary N) is 1. The van der Waals surface area contributed by atoms with Crippen molar-refractivity contribution in [2.75, 3.05) is 0 Å². The minimum Gasteiger partial charge on any atom is -0.359 e. The first-order chi connectivity index (χ1) is 8.45. The van der Waals surface area contributed by atoms with E-state index in [0.29, 0.717) is 0 Å². The van der Waals surface area contributed by atoms with E-state index < -0.39 is 0 Å². The number of hydrogen-bond donors (Lipinski definition) is 1. The van der Waals surface area contributed by atoms with Gasteiger partial charge in [-0.15, -0.1) is 0 Å². The number of aromatic nitrogens is 4. The van der Waals surface area contributed by atoms with E-state index in [1.54, 1.807) is 12.5 Å². The van der Waals surface area contributed by atoms with Gasteiger partial charge in [-0.25, -0.2) is 9.97 Å². The van der Waals surface area contributed by atoms with Gasteiger partial charge in [0.15, 0.2) is 0 Å². The molecule has 1 N–H and O–H groups in total. The number of H-pyrrole nitrogens is 1. The molecule has 17 heavy (non-hydrogen) atoms. The van der Waals surface area contributed by atoms with Gasteiger partial charge in [0.2, 0.25) is 0 Å². The molecule has 80 valence electrons. The smallest absolute Gasteiger partial charge is 0.117 e. The first kappa shape index (κ1) is 8.64. The molecule has 4 nitrogen and oxygen atoms in total. The van der Waals surface area contributed by atoms with Gasteiger partial charge in [0.05, 0.1) is 5.52 Å². The summed E-state index contributed by atoms with van der Waals surface area (Å²) in [4.78, 5) is 16.1. The fourth-order valence-corrected chi connectivity index (χ4v) is 2.32. The van der Waals surface area contributed by atoms with Crippen molar-refractivity contribution in [2.24, 2.45) is 0 Å². The van der Waals surface area contributed by atoms with E-state index in [1.165, 1.54) is 0 Å². The Hall–Kier alpha value is -2.49. The standard InChI is InChI=1S/C13H8N4/c1-2-8-10-6-14-5-3-9(10)12-13(17-7-16-12)11(8)15-4-1/h1-7,15H. The number of benzene rings is 1. The van der Waals surface area contributed by atoms with Gasteiger partial charge in [-0.05, 0) is 12.1 Å². The van der Waals surface area contributed by atoms with Crippen LogP contribution in [0.15, 0.2) is 43.1 Å². The number of rotatable bonds is 0. The predicted molar refractivity (Wildman–Crippen MR) is 66.7 cm³/mol. The molecule has 3 heterocycles. The highest BCUT2D eigenvalue weighted by Crippen LogP contribution is 2.30. The Morgan fingerprint density at radius 3 is 2.88 bits per heavy atom. The monoisotopic (exact) mass is 220 g/mol. The van der Waals surface area contributed by atoms with Gasteiger partial charge in [-0.1, -0.05) is 6.07 Å². The van der Waals surface area contributed by atoms with E-state index in [0.717, 1.165) is 32.7 Å². The molecular formula is C13H8N4. The van der Waals surface area contributed by atoms with E-state index >= 15 is 0 Å². The fourth-order valence-electron chi connectivity index (χ4n) is 2.32. The van der Waals surface area contributed by atoms with Gasteiger partial charge < -0.3 is 4.98 Å². The zero-order valence-electron chi connectivity index (χ0n) is 8.88. The van der Waals surface area contributed by atoms with Gasteiger partial charge >= 0.3 is 0 Å². The SMILES string of the molecule is c1c[nH]c2c(c1)c1cnccc1c1ncnc12. The van der Waals surface area contributed by atoms with Crippen LogP contribution in [-0.4, -0.2) is 19.9 Å². The number of nitrogens with zero attached hydrogens (tertiary/aromatic N) is 3. The highest BCUT2D eigenvalue weighted by atomic mass is 14.9. The van der Waals surface area contributed by atoms with Gasteiger partial charge in [0.1, 0.15) is 17.4 Å². The third kappa shape index (κ3) is 1.04. The van der Waals surface area contributed by atoms with Gasteiger partial charge in [-0.2, -0.15) is 0 Å². The first-order valence-corrected chi connectivity index (χ1v) is 5.38. The molecular weight excluding hydrogens is 212 g/mol. The minimum absolute atomic E-state index is 0.916. The van der Waals surface area contributed by atoms with Crippen molar-refractivity contribution in [3.05, 3.63) is 43.1 Å². The van der Waals surface area contributed by atoms with Crippen LogP contribution in [0.25, 0.3) is 32.7 Å². The van der Waals surface area contributed by atoms with Crippen molar-refractivity contribution in [1.82, 2.24) is 19.9 Å². The Balaban J connectivity index is 2.48. The molecule has 0 radical (unpaired) electrons. The molecule has 0 saturated heterocycles. The number of hydrogen-bond acceptors (Lipinski definition) is 3. The lowest BCUT2D eigenvalue weighted by Crippen LogP contribution is -1.85. The molecule has 4 heteroatoms. The molecule has 0 aliphatic heterocycles. The maximum absolute atomic E-state index is 4.34. The number of pyridine rings is 2. The van der Waals surface area contributed by atoms with Crippen LogP contribution in [0, 0.1) is 0 Å². The van der Waals surface area contributed by atoms with Crippen molar-refractivity contribution in [3.63, 3.8) is 0 Å². The summed E-state index contributed by atoms with van der Waals surface area (Å²) in [5, 5.41) is 3.33. The molecule has 0 spiro atoms. The van der Waals surface area contributed by atoms with E-state index in [-0.39, 0.29) is 0 Å². The Morgan fingerprint density at radius 2 is 1.88 bits per heavy atom. The largest absolute Gasteiger partial charge is 0.359 e. The van der Waals surface area contributed by atoms with Crippen LogP contribution in [-0.2, 0) is 0 Å². The second kappa shape index (κ2) is 3.01. The summed E-state index contributed by atoms with van der Waals surface area (Å²) in [5.41, 5.74) is 2.86. The van der Waals surface area contributed by atoms with Crippen LogP contribution in [0.5, 0.6) is 0 Å².